The smallest absolute Gasteiger partial charge is 0.101 e. The fraction of sp³-hybridized carbons (Fsp3) is 0.222. The lowest BCUT2D eigenvalue weighted by Gasteiger charge is -2.03. The van der Waals surface area contributed by atoms with Crippen LogP contribution in [0, 0.1) is 18.3 Å². The van der Waals surface area contributed by atoms with Gasteiger partial charge in [-0.05, 0) is 18.1 Å². The van der Waals surface area contributed by atoms with Crippen LogP contribution >= 0.6 is 27.5 Å². The van der Waals surface area contributed by atoms with Gasteiger partial charge in [0, 0.05) is 5.33 Å². The highest BCUT2D eigenvalue weighted by atomic mass is 79.9. The molecule has 3 heteroatoms. The topological polar surface area (TPSA) is 23.8 Å². The zero-order chi connectivity index (χ0) is 9.14. The second kappa shape index (κ2) is 3.93. The second-order valence-corrected chi connectivity index (χ2v) is 3.41. The Bertz CT molecular complexity index is 341. The van der Waals surface area contributed by atoms with Crippen LogP contribution in [0.2, 0.25) is 5.02 Å². The van der Waals surface area contributed by atoms with Gasteiger partial charge in [0.15, 0.2) is 0 Å². The molecule has 0 amide bonds. The molecule has 0 bridgehead atoms. The first-order valence-corrected chi connectivity index (χ1v) is 4.94. The molecule has 0 spiro atoms. The number of nitriles is 1. The van der Waals surface area contributed by atoms with Gasteiger partial charge in [-0.2, -0.15) is 5.26 Å². The van der Waals surface area contributed by atoms with E-state index in [4.69, 9.17) is 16.9 Å². The number of nitrogens with zero attached hydrogens (tertiary/aromatic N) is 1. The van der Waals surface area contributed by atoms with E-state index in [1.807, 2.05) is 19.1 Å². The minimum atomic E-state index is 0.564. The molecule has 0 unspecified atom stereocenters. The minimum Gasteiger partial charge on any atom is -0.192 e. The maximum Gasteiger partial charge on any atom is 0.101 e. The summed E-state index contributed by atoms with van der Waals surface area (Å²) in [5.74, 6) is 0. The van der Waals surface area contributed by atoms with Crippen LogP contribution < -0.4 is 0 Å². The summed E-state index contributed by atoms with van der Waals surface area (Å²) in [6, 6.07) is 5.91. The van der Waals surface area contributed by atoms with Crippen LogP contribution in [0.25, 0.3) is 0 Å². The van der Waals surface area contributed by atoms with Gasteiger partial charge >= 0.3 is 0 Å². The van der Waals surface area contributed by atoms with Crippen LogP contribution in [0.4, 0.5) is 0 Å². The van der Waals surface area contributed by atoms with Crippen LogP contribution in [-0.4, -0.2) is 0 Å². The first-order valence-electron chi connectivity index (χ1n) is 3.44. The zero-order valence-corrected chi connectivity index (χ0v) is 8.91. The van der Waals surface area contributed by atoms with E-state index in [1.54, 1.807) is 0 Å². The first kappa shape index (κ1) is 9.57. The normalized spacial score (nSPS) is 9.50. The molecule has 0 aliphatic carbocycles. The fourth-order valence-electron chi connectivity index (χ4n) is 0.956. The predicted octanol–water partition coefficient (Wildman–Crippen LogP) is 3.42. The van der Waals surface area contributed by atoms with Crippen molar-refractivity contribution in [3.8, 4) is 6.07 Å². The van der Waals surface area contributed by atoms with Crippen LogP contribution in [0.5, 0.6) is 0 Å². The molecular formula is C9H7BrClN. The lowest BCUT2D eigenvalue weighted by Crippen LogP contribution is -1.88. The Morgan fingerprint density at radius 1 is 1.58 bits per heavy atom. The number of hydrogen-bond acceptors (Lipinski definition) is 1. The van der Waals surface area contributed by atoms with Crippen molar-refractivity contribution in [2.75, 3.05) is 0 Å². The lowest BCUT2D eigenvalue weighted by atomic mass is 10.1. The molecule has 0 radical (unpaired) electrons. The van der Waals surface area contributed by atoms with Crippen molar-refractivity contribution >= 4 is 27.5 Å². The van der Waals surface area contributed by atoms with Gasteiger partial charge in [-0.15, -0.1) is 0 Å². The van der Waals surface area contributed by atoms with Gasteiger partial charge in [-0.25, -0.2) is 0 Å². The Labute approximate surface area is 85.1 Å². The molecule has 0 aromatic heterocycles. The Morgan fingerprint density at radius 2 is 2.25 bits per heavy atom. The standard InChI is InChI=1S/C9H7BrClN/c1-6-2-3-7(4-10)9(11)8(6)5-12/h2-3H,4H2,1H3. The van der Waals surface area contributed by atoms with Gasteiger partial charge in [0.1, 0.15) is 6.07 Å². The molecule has 0 aliphatic rings. The van der Waals surface area contributed by atoms with Gasteiger partial charge in [0.05, 0.1) is 10.6 Å². The summed E-state index contributed by atoms with van der Waals surface area (Å²) >= 11 is 9.26. The zero-order valence-electron chi connectivity index (χ0n) is 6.56. The van der Waals surface area contributed by atoms with Gasteiger partial charge < -0.3 is 0 Å². The minimum absolute atomic E-state index is 0.564. The SMILES string of the molecule is Cc1ccc(CBr)c(Cl)c1C#N. The van der Waals surface area contributed by atoms with E-state index in [0.29, 0.717) is 15.9 Å². The summed E-state index contributed by atoms with van der Waals surface area (Å²) in [5, 5.41) is 10.0. The molecular weight excluding hydrogens is 237 g/mol. The molecule has 0 atom stereocenters. The van der Waals surface area contributed by atoms with Crippen molar-refractivity contribution in [3.05, 3.63) is 33.8 Å². The van der Waals surface area contributed by atoms with Gasteiger partial charge in [-0.3, -0.25) is 0 Å². The third-order valence-electron chi connectivity index (χ3n) is 1.69. The molecule has 1 rings (SSSR count). The molecule has 12 heavy (non-hydrogen) atoms. The molecule has 62 valence electrons. The predicted molar refractivity (Wildman–Crippen MR) is 53.5 cm³/mol. The van der Waals surface area contributed by atoms with Crippen LogP contribution in [-0.2, 0) is 5.33 Å². The van der Waals surface area contributed by atoms with Crippen LogP contribution in [0.3, 0.4) is 0 Å². The van der Waals surface area contributed by atoms with E-state index in [0.717, 1.165) is 11.1 Å². The van der Waals surface area contributed by atoms with E-state index in [1.165, 1.54) is 0 Å². The first-order chi connectivity index (χ1) is 5.70. The number of benzene rings is 1. The summed E-state index contributed by atoms with van der Waals surface area (Å²) in [5.41, 5.74) is 2.46. The molecule has 1 aromatic rings. The number of aryl methyl sites for hydroxylation is 1. The number of hydrogen-bond donors (Lipinski definition) is 0. The molecule has 0 saturated heterocycles. The largest absolute Gasteiger partial charge is 0.192 e. The average Bonchev–Trinajstić information content (AvgIpc) is 2.06. The van der Waals surface area contributed by atoms with E-state index < -0.39 is 0 Å². The summed E-state index contributed by atoms with van der Waals surface area (Å²) in [6.45, 7) is 1.88. The van der Waals surface area contributed by atoms with E-state index >= 15 is 0 Å². The van der Waals surface area contributed by atoms with Crippen molar-refractivity contribution in [3.63, 3.8) is 0 Å². The Kier molecular flexibility index (Phi) is 3.13. The number of rotatable bonds is 1. The molecule has 0 heterocycles. The second-order valence-electron chi connectivity index (χ2n) is 2.48. The Hall–Kier alpha value is -0.520. The Balaban J connectivity index is 3.36. The van der Waals surface area contributed by atoms with Gasteiger partial charge in [0.2, 0.25) is 0 Å². The van der Waals surface area contributed by atoms with Crippen LogP contribution in [0.1, 0.15) is 16.7 Å². The third kappa shape index (κ3) is 1.63. The summed E-state index contributed by atoms with van der Waals surface area (Å²) in [7, 11) is 0. The maximum atomic E-state index is 8.77. The van der Waals surface area contributed by atoms with Crippen molar-refractivity contribution in [2.24, 2.45) is 0 Å². The number of halogens is 2. The third-order valence-corrected chi connectivity index (χ3v) is 2.72. The monoisotopic (exact) mass is 243 g/mol. The molecule has 0 N–H and O–H groups in total. The van der Waals surface area contributed by atoms with Crippen LogP contribution in [0.15, 0.2) is 12.1 Å². The van der Waals surface area contributed by atoms with E-state index in [9.17, 15) is 0 Å². The molecule has 0 fully saturated rings. The fourth-order valence-corrected chi connectivity index (χ4v) is 1.91. The number of alkyl halides is 1. The highest BCUT2D eigenvalue weighted by molar-refractivity contribution is 9.08. The highest BCUT2D eigenvalue weighted by Gasteiger charge is 2.06. The maximum absolute atomic E-state index is 8.77. The summed E-state index contributed by atoms with van der Waals surface area (Å²) in [4.78, 5) is 0. The quantitative estimate of drug-likeness (QED) is 0.695. The molecule has 1 aromatic carbocycles. The molecule has 0 aliphatic heterocycles. The molecule has 1 nitrogen and oxygen atoms in total. The van der Waals surface area contributed by atoms with Crippen molar-refractivity contribution in [2.45, 2.75) is 12.3 Å². The van der Waals surface area contributed by atoms with E-state index in [2.05, 4.69) is 22.0 Å². The summed E-state index contributed by atoms with van der Waals surface area (Å²) in [6.07, 6.45) is 0. The van der Waals surface area contributed by atoms with Crippen molar-refractivity contribution in [1.29, 1.82) is 5.26 Å². The lowest BCUT2D eigenvalue weighted by molar-refractivity contribution is 1.33. The Morgan fingerprint density at radius 3 is 2.75 bits per heavy atom. The highest BCUT2D eigenvalue weighted by Crippen LogP contribution is 2.25. The van der Waals surface area contributed by atoms with E-state index in [-0.39, 0.29) is 0 Å². The average molecular weight is 245 g/mol. The van der Waals surface area contributed by atoms with Crippen molar-refractivity contribution < 1.29 is 0 Å². The summed E-state index contributed by atoms with van der Waals surface area (Å²) < 4.78 is 0. The van der Waals surface area contributed by atoms with Gasteiger partial charge in [-0.1, -0.05) is 39.7 Å². The molecule has 0 saturated carbocycles. The van der Waals surface area contributed by atoms with Gasteiger partial charge in [0.25, 0.3) is 0 Å². The van der Waals surface area contributed by atoms with Crippen molar-refractivity contribution in [1.82, 2.24) is 0 Å².